The summed E-state index contributed by atoms with van der Waals surface area (Å²) in [5.41, 5.74) is 9.59. The summed E-state index contributed by atoms with van der Waals surface area (Å²) in [6, 6.07) is 22.9. The van der Waals surface area contributed by atoms with Gasteiger partial charge in [-0.25, -0.2) is 9.97 Å². The minimum atomic E-state index is -0.0470. The van der Waals surface area contributed by atoms with Gasteiger partial charge in [0, 0.05) is 29.7 Å². The van der Waals surface area contributed by atoms with Gasteiger partial charge in [-0.15, -0.1) is 0 Å². The fourth-order valence-corrected chi connectivity index (χ4v) is 5.59. The van der Waals surface area contributed by atoms with Crippen molar-refractivity contribution in [1.82, 2.24) is 24.8 Å². The molecular weight excluding hydrogens is 482 g/mol. The highest BCUT2D eigenvalue weighted by Crippen LogP contribution is 2.39. The van der Waals surface area contributed by atoms with E-state index in [0.717, 1.165) is 74.8 Å². The zero-order valence-corrected chi connectivity index (χ0v) is 22.0. The summed E-state index contributed by atoms with van der Waals surface area (Å²) in [5, 5.41) is 0. The molecule has 0 aliphatic carbocycles. The molecule has 1 fully saturated rings. The molecule has 3 aliphatic heterocycles. The van der Waals surface area contributed by atoms with Crippen LogP contribution in [-0.2, 0) is 0 Å². The van der Waals surface area contributed by atoms with Crippen LogP contribution in [0.25, 0.3) is 57.5 Å². The Labute approximate surface area is 227 Å². The van der Waals surface area contributed by atoms with Gasteiger partial charge in [0.15, 0.2) is 5.75 Å². The minimum Gasteiger partial charge on any atom is -0.472 e. The lowest BCUT2D eigenvalue weighted by Gasteiger charge is -2.32. The number of ether oxygens (including phenoxy) is 1. The van der Waals surface area contributed by atoms with Gasteiger partial charge >= 0.3 is 0 Å². The Balaban J connectivity index is 1.50. The van der Waals surface area contributed by atoms with E-state index in [-0.39, 0.29) is 6.23 Å². The number of likely N-dealkylation sites (tertiary alicyclic amines) is 1. The molecule has 6 heterocycles. The van der Waals surface area contributed by atoms with E-state index in [4.69, 9.17) is 14.7 Å². The van der Waals surface area contributed by atoms with Gasteiger partial charge in [0.05, 0.1) is 33.8 Å². The van der Waals surface area contributed by atoms with Crippen LogP contribution in [0, 0.1) is 0 Å². The molecule has 0 radical (unpaired) electrons. The summed E-state index contributed by atoms with van der Waals surface area (Å²) in [5.74, 6) is 0.843. The second-order valence-electron chi connectivity index (χ2n) is 10.4. The van der Waals surface area contributed by atoms with Crippen LogP contribution in [0.1, 0.15) is 49.0 Å². The van der Waals surface area contributed by atoms with E-state index >= 15 is 0 Å². The highest BCUT2D eigenvalue weighted by Gasteiger charge is 2.22. The number of piperidine rings is 1. The zero-order chi connectivity index (χ0) is 26.2. The lowest BCUT2D eigenvalue weighted by atomic mass is 10.1. The normalized spacial score (nSPS) is 15.9. The number of H-pyrrole nitrogens is 2. The first-order valence-electron chi connectivity index (χ1n) is 13.8. The quantitative estimate of drug-likeness (QED) is 0.256. The number of nitrogens with zero attached hydrogens (tertiary/aromatic N) is 3. The van der Waals surface area contributed by atoms with Crippen LogP contribution in [-0.4, -0.2) is 44.2 Å². The molecule has 8 bridgehead atoms. The third-order valence-electron chi connectivity index (χ3n) is 7.55. The Bertz CT molecular complexity index is 1740. The maximum atomic E-state index is 6.85. The monoisotopic (exact) mass is 513 g/mol. The van der Waals surface area contributed by atoms with Crippen LogP contribution in [0.3, 0.4) is 0 Å². The lowest BCUT2D eigenvalue weighted by Crippen LogP contribution is -2.40. The molecule has 4 aromatic rings. The van der Waals surface area contributed by atoms with E-state index < -0.39 is 0 Å². The van der Waals surface area contributed by atoms with Crippen molar-refractivity contribution >= 4 is 46.4 Å². The van der Waals surface area contributed by atoms with E-state index in [0.29, 0.717) is 0 Å². The largest absolute Gasteiger partial charge is 0.472 e. The zero-order valence-electron chi connectivity index (χ0n) is 22.0. The summed E-state index contributed by atoms with van der Waals surface area (Å²) in [7, 11) is 0. The predicted molar refractivity (Wildman–Crippen MR) is 160 cm³/mol. The molecule has 6 nitrogen and oxygen atoms in total. The third kappa shape index (κ3) is 4.91. The standard InChI is InChI=1S/C33H31N5O/c1-22(38-16-6-3-7-17-38)39-33-31-21-29-15-13-27(36-29)19-25-11-10-24(34-25)18-26-12-14-28(35-26)20-30(37-31)32(33)23-8-4-2-5-9-23/h2,4-5,8-15,18-22,34,37H,3,6-7,16-17H2,1H3. The first-order chi connectivity index (χ1) is 19.2. The van der Waals surface area contributed by atoms with Crippen molar-refractivity contribution in [2.45, 2.75) is 32.4 Å². The van der Waals surface area contributed by atoms with Gasteiger partial charge in [0.1, 0.15) is 6.23 Å². The van der Waals surface area contributed by atoms with Crippen LogP contribution >= 0.6 is 0 Å². The van der Waals surface area contributed by atoms with Crippen LogP contribution in [0.4, 0.5) is 0 Å². The van der Waals surface area contributed by atoms with Gasteiger partial charge in [-0.2, -0.15) is 0 Å². The molecule has 39 heavy (non-hydrogen) atoms. The Kier molecular flexibility index (Phi) is 6.10. The Morgan fingerprint density at radius 2 is 1.28 bits per heavy atom. The van der Waals surface area contributed by atoms with Crippen molar-refractivity contribution in [3.8, 4) is 16.9 Å². The Morgan fingerprint density at radius 1 is 0.692 bits per heavy atom. The van der Waals surface area contributed by atoms with Crippen LogP contribution in [0.5, 0.6) is 5.75 Å². The summed E-state index contributed by atoms with van der Waals surface area (Å²) < 4.78 is 6.85. The SMILES string of the molecule is CC(Oc1c(-c2ccccc2)c2cc3nc(cc4ccc(cc5nc(cc1[nH]2)C=C5)[nH]4)C=C3)N1CCCCC1. The van der Waals surface area contributed by atoms with Crippen molar-refractivity contribution < 1.29 is 4.74 Å². The van der Waals surface area contributed by atoms with Crippen LogP contribution in [0.2, 0.25) is 0 Å². The maximum Gasteiger partial charge on any atom is 0.155 e. The number of aromatic nitrogens is 4. The molecule has 3 aromatic heterocycles. The average Bonchev–Trinajstić information content (AvgIpc) is 3.75. The van der Waals surface area contributed by atoms with E-state index in [1.54, 1.807) is 0 Å². The molecule has 1 atom stereocenters. The molecule has 2 N–H and O–H groups in total. The fraction of sp³-hybridized carbons (Fsp3) is 0.212. The lowest BCUT2D eigenvalue weighted by molar-refractivity contribution is 0.0277. The molecular formula is C33H31N5O. The van der Waals surface area contributed by atoms with Gasteiger partial charge in [0.25, 0.3) is 0 Å². The second kappa shape index (κ2) is 10.0. The highest BCUT2D eigenvalue weighted by atomic mass is 16.5. The van der Waals surface area contributed by atoms with Gasteiger partial charge in [-0.05, 0) is 86.0 Å². The molecule has 6 heteroatoms. The minimum absolute atomic E-state index is 0.0470. The summed E-state index contributed by atoms with van der Waals surface area (Å²) in [6.45, 7) is 4.28. The number of hydrogen-bond acceptors (Lipinski definition) is 4. The van der Waals surface area contributed by atoms with E-state index in [9.17, 15) is 0 Å². The third-order valence-corrected chi connectivity index (χ3v) is 7.55. The number of aromatic amines is 2. The Morgan fingerprint density at radius 3 is 1.92 bits per heavy atom. The van der Waals surface area contributed by atoms with Crippen molar-refractivity contribution in [2.75, 3.05) is 13.1 Å². The highest BCUT2D eigenvalue weighted by molar-refractivity contribution is 5.94. The predicted octanol–water partition coefficient (Wildman–Crippen LogP) is 7.53. The smallest absolute Gasteiger partial charge is 0.155 e. The van der Waals surface area contributed by atoms with Gasteiger partial charge < -0.3 is 14.7 Å². The van der Waals surface area contributed by atoms with Crippen LogP contribution < -0.4 is 4.74 Å². The van der Waals surface area contributed by atoms with Crippen LogP contribution in [0.15, 0.2) is 66.7 Å². The molecule has 0 amide bonds. The molecule has 1 saturated heterocycles. The van der Waals surface area contributed by atoms with Crippen molar-refractivity contribution in [2.24, 2.45) is 0 Å². The number of nitrogens with one attached hydrogen (secondary N) is 2. The van der Waals surface area contributed by atoms with E-state index in [1.165, 1.54) is 19.3 Å². The molecule has 194 valence electrons. The van der Waals surface area contributed by atoms with Crippen molar-refractivity contribution in [1.29, 1.82) is 0 Å². The number of benzene rings is 1. The molecule has 1 aromatic carbocycles. The summed E-state index contributed by atoms with van der Waals surface area (Å²) in [6.07, 6.45) is 11.9. The molecule has 1 unspecified atom stereocenters. The molecule has 3 aliphatic rings. The first-order valence-corrected chi connectivity index (χ1v) is 13.8. The van der Waals surface area contributed by atoms with Crippen molar-refractivity contribution in [3.63, 3.8) is 0 Å². The Hall–Kier alpha value is -4.42. The fourth-order valence-electron chi connectivity index (χ4n) is 5.59. The van der Waals surface area contributed by atoms with E-state index in [1.807, 2.05) is 18.2 Å². The second-order valence-corrected chi connectivity index (χ2v) is 10.4. The summed E-state index contributed by atoms with van der Waals surface area (Å²) >= 11 is 0. The van der Waals surface area contributed by atoms with Crippen molar-refractivity contribution in [3.05, 3.63) is 89.5 Å². The molecule has 0 spiro atoms. The summed E-state index contributed by atoms with van der Waals surface area (Å²) in [4.78, 5) is 19.3. The number of hydrogen-bond donors (Lipinski definition) is 2. The van der Waals surface area contributed by atoms with Gasteiger partial charge in [0.2, 0.25) is 0 Å². The molecule has 7 rings (SSSR count). The first kappa shape index (κ1) is 23.7. The van der Waals surface area contributed by atoms with Gasteiger partial charge in [-0.3, -0.25) is 4.90 Å². The number of fused-ring (bicyclic) bond motifs is 8. The van der Waals surface area contributed by atoms with Gasteiger partial charge in [-0.1, -0.05) is 36.8 Å². The average molecular weight is 514 g/mol. The number of rotatable bonds is 4. The molecule has 0 saturated carbocycles. The maximum absolute atomic E-state index is 6.85. The van der Waals surface area contributed by atoms with E-state index in [2.05, 4.69) is 94.6 Å². The topological polar surface area (TPSA) is 69.8 Å².